The molecule has 0 bridgehead atoms. The summed E-state index contributed by atoms with van der Waals surface area (Å²) in [7, 11) is 0. The lowest BCUT2D eigenvalue weighted by Gasteiger charge is -2.39. The van der Waals surface area contributed by atoms with Gasteiger partial charge in [-0.1, -0.05) is 37.3 Å². The van der Waals surface area contributed by atoms with Crippen molar-refractivity contribution in [2.24, 2.45) is 11.1 Å². The molecule has 0 aromatic rings. The van der Waals surface area contributed by atoms with Crippen molar-refractivity contribution < 1.29 is 4.79 Å². The van der Waals surface area contributed by atoms with Gasteiger partial charge in [0, 0.05) is 19.2 Å². The van der Waals surface area contributed by atoms with E-state index in [4.69, 9.17) is 5.73 Å². The molecule has 0 radical (unpaired) electrons. The zero-order valence-corrected chi connectivity index (χ0v) is 15.1. The van der Waals surface area contributed by atoms with Crippen molar-refractivity contribution in [3.8, 4) is 0 Å². The minimum absolute atomic E-state index is 0.212. The number of nitrogens with two attached hydrogens (primary N) is 1. The van der Waals surface area contributed by atoms with E-state index in [1.165, 1.54) is 49.7 Å². The van der Waals surface area contributed by atoms with Crippen molar-refractivity contribution >= 4 is 5.91 Å². The minimum atomic E-state index is 0.212. The van der Waals surface area contributed by atoms with Gasteiger partial charge in [0.15, 0.2) is 0 Å². The molecule has 3 nitrogen and oxygen atoms in total. The highest BCUT2D eigenvalue weighted by atomic mass is 16.2. The van der Waals surface area contributed by atoms with Gasteiger partial charge in [0.05, 0.1) is 0 Å². The van der Waals surface area contributed by atoms with Crippen LogP contribution in [0.5, 0.6) is 0 Å². The molecule has 0 atom stereocenters. The zero-order valence-electron chi connectivity index (χ0n) is 15.1. The van der Waals surface area contributed by atoms with E-state index in [1.807, 2.05) is 6.08 Å². The molecule has 23 heavy (non-hydrogen) atoms. The lowest BCUT2D eigenvalue weighted by atomic mass is 9.77. The number of amides is 1. The Balaban J connectivity index is 1.79. The van der Waals surface area contributed by atoms with Gasteiger partial charge in [-0.25, -0.2) is 0 Å². The molecule has 0 aromatic carbocycles. The highest BCUT2D eigenvalue weighted by molar-refractivity contribution is 5.88. The lowest BCUT2D eigenvalue weighted by Crippen LogP contribution is -2.41. The standard InChI is InChI=1S/C20H34N2O/c1-3-6-18(16-21)8-7-17(2)15-19(23)22-13-11-20(12-14-22)9-4-5-10-20/h15-16H,3-14,21H2,1-2H3/b17-15+,18-16+. The highest BCUT2D eigenvalue weighted by Gasteiger charge is 2.37. The minimum Gasteiger partial charge on any atom is -0.405 e. The Labute approximate surface area is 142 Å². The monoisotopic (exact) mass is 318 g/mol. The lowest BCUT2D eigenvalue weighted by molar-refractivity contribution is -0.128. The summed E-state index contributed by atoms with van der Waals surface area (Å²) in [5.41, 5.74) is 8.72. The third-order valence-corrected chi connectivity index (χ3v) is 5.82. The van der Waals surface area contributed by atoms with Gasteiger partial charge in [0.1, 0.15) is 0 Å². The third kappa shape index (κ3) is 5.12. The smallest absolute Gasteiger partial charge is 0.246 e. The largest absolute Gasteiger partial charge is 0.405 e. The van der Waals surface area contributed by atoms with Crippen molar-refractivity contribution in [1.82, 2.24) is 4.90 Å². The second-order valence-electron chi connectivity index (χ2n) is 7.60. The fourth-order valence-electron chi connectivity index (χ4n) is 4.17. The molecule has 130 valence electrons. The zero-order chi connectivity index (χ0) is 16.7. The number of hydrogen-bond donors (Lipinski definition) is 1. The maximum atomic E-state index is 12.5. The molecular formula is C20H34N2O. The predicted molar refractivity (Wildman–Crippen MR) is 96.9 cm³/mol. The average molecular weight is 319 g/mol. The summed E-state index contributed by atoms with van der Waals surface area (Å²) < 4.78 is 0. The van der Waals surface area contributed by atoms with Crippen LogP contribution >= 0.6 is 0 Å². The van der Waals surface area contributed by atoms with Gasteiger partial charge in [0.25, 0.3) is 0 Å². The summed E-state index contributed by atoms with van der Waals surface area (Å²) in [5, 5.41) is 0. The fraction of sp³-hybridized carbons (Fsp3) is 0.750. The second-order valence-corrected chi connectivity index (χ2v) is 7.60. The van der Waals surface area contributed by atoms with Crippen LogP contribution in [0, 0.1) is 5.41 Å². The Morgan fingerprint density at radius 3 is 2.30 bits per heavy atom. The molecule has 1 aliphatic carbocycles. The second kappa shape index (κ2) is 8.56. The third-order valence-electron chi connectivity index (χ3n) is 5.82. The van der Waals surface area contributed by atoms with Crippen molar-refractivity contribution in [3.63, 3.8) is 0 Å². The van der Waals surface area contributed by atoms with E-state index in [9.17, 15) is 4.79 Å². The van der Waals surface area contributed by atoms with E-state index in [0.29, 0.717) is 5.41 Å². The van der Waals surface area contributed by atoms with Crippen LogP contribution in [-0.2, 0) is 4.79 Å². The molecular weight excluding hydrogens is 284 g/mol. The number of carbonyl (C=O) groups excluding carboxylic acids is 1. The molecule has 1 amide bonds. The molecule has 0 aromatic heterocycles. The summed E-state index contributed by atoms with van der Waals surface area (Å²) in [4.78, 5) is 14.5. The van der Waals surface area contributed by atoms with Gasteiger partial charge in [-0.3, -0.25) is 4.79 Å². The van der Waals surface area contributed by atoms with Gasteiger partial charge in [-0.2, -0.15) is 0 Å². The van der Waals surface area contributed by atoms with Crippen LogP contribution in [0.1, 0.15) is 78.1 Å². The average Bonchev–Trinajstić information content (AvgIpc) is 3.00. The molecule has 1 saturated carbocycles. The van der Waals surface area contributed by atoms with Crippen LogP contribution in [0.3, 0.4) is 0 Å². The summed E-state index contributed by atoms with van der Waals surface area (Å²) in [6.45, 7) is 6.14. The highest BCUT2D eigenvalue weighted by Crippen LogP contribution is 2.46. The summed E-state index contributed by atoms with van der Waals surface area (Å²) in [6.07, 6.45) is 15.7. The van der Waals surface area contributed by atoms with E-state index >= 15 is 0 Å². The Morgan fingerprint density at radius 2 is 1.74 bits per heavy atom. The van der Waals surface area contributed by atoms with E-state index in [-0.39, 0.29) is 5.91 Å². The Morgan fingerprint density at radius 1 is 1.09 bits per heavy atom. The normalized spacial score (nSPS) is 21.9. The summed E-state index contributed by atoms with van der Waals surface area (Å²) in [5.74, 6) is 0.212. The number of carbonyl (C=O) groups is 1. The van der Waals surface area contributed by atoms with Crippen LogP contribution in [-0.4, -0.2) is 23.9 Å². The van der Waals surface area contributed by atoms with Gasteiger partial charge < -0.3 is 10.6 Å². The van der Waals surface area contributed by atoms with Crippen molar-refractivity contribution in [1.29, 1.82) is 0 Å². The predicted octanol–water partition coefficient (Wildman–Crippen LogP) is 4.54. The topological polar surface area (TPSA) is 46.3 Å². The SMILES string of the molecule is CCC/C(=C\N)CC/C(C)=C/C(=O)N1CCC2(CCCC2)CC1. The molecule has 2 aliphatic rings. The van der Waals surface area contributed by atoms with E-state index in [0.717, 1.165) is 38.8 Å². The molecule has 2 N–H and O–H groups in total. The van der Waals surface area contributed by atoms with Crippen LogP contribution in [0.25, 0.3) is 0 Å². The molecule has 2 rings (SSSR count). The van der Waals surface area contributed by atoms with Crippen LogP contribution in [0.2, 0.25) is 0 Å². The first-order chi connectivity index (χ1) is 11.1. The molecule has 1 heterocycles. The van der Waals surface area contributed by atoms with Gasteiger partial charge >= 0.3 is 0 Å². The van der Waals surface area contributed by atoms with Crippen molar-refractivity contribution in [2.45, 2.75) is 78.1 Å². The number of nitrogens with zero attached hydrogens (tertiary/aromatic N) is 1. The fourth-order valence-corrected chi connectivity index (χ4v) is 4.17. The van der Waals surface area contributed by atoms with Crippen LogP contribution in [0.4, 0.5) is 0 Å². The van der Waals surface area contributed by atoms with Gasteiger partial charge in [-0.15, -0.1) is 0 Å². The molecule has 0 unspecified atom stereocenters. The Hall–Kier alpha value is -1.25. The van der Waals surface area contributed by atoms with E-state index < -0.39 is 0 Å². The molecule has 1 aliphatic heterocycles. The van der Waals surface area contributed by atoms with E-state index in [2.05, 4.69) is 18.7 Å². The molecule has 1 saturated heterocycles. The van der Waals surface area contributed by atoms with Gasteiger partial charge in [0.2, 0.25) is 5.91 Å². The van der Waals surface area contributed by atoms with Crippen molar-refractivity contribution in [3.05, 3.63) is 23.4 Å². The first-order valence-corrected chi connectivity index (χ1v) is 9.44. The van der Waals surface area contributed by atoms with Crippen LogP contribution in [0.15, 0.2) is 23.4 Å². The molecule has 3 heteroatoms. The van der Waals surface area contributed by atoms with Gasteiger partial charge in [-0.05, 0) is 63.5 Å². The first-order valence-electron chi connectivity index (χ1n) is 9.44. The number of piperidine rings is 1. The van der Waals surface area contributed by atoms with E-state index in [1.54, 1.807) is 6.20 Å². The Kier molecular flexibility index (Phi) is 6.73. The summed E-state index contributed by atoms with van der Waals surface area (Å²) in [6, 6.07) is 0. The number of rotatable bonds is 6. The van der Waals surface area contributed by atoms with Crippen LogP contribution < -0.4 is 5.73 Å². The number of allylic oxidation sites excluding steroid dienone is 2. The Bertz CT molecular complexity index is 448. The summed E-state index contributed by atoms with van der Waals surface area (Å²) >= 11 is 0. The number of hydrogen-bond acceptors (Lipinski definition) is 2. The number of likely N-dealkylation sites (tertiary alicyclic amines) is 1. The first kappa shape index (κ1) is 18.1. The maximum Gasteiger partial charge on any atom is 0.246 e. The molecule has 1 spiro atoms. The maximum absolute atomic E-state index is 12.5. The molecule has 2 fully saturated rings. The van der Waals surface area contributed by atoms with Crippen molar-refractivity contribution in [2.75, 3.05) is 13.1 Å². The quantitative estimate of drug-likeness (QED) is 0.731.